The number of hydrogen-bond donors (Lipinski definition) is 1. The van der Waals surface area contributed by atoms with Gasteiger partial charge < -0.3 is 10.2 Å². The number of rotatable bonds is 10. The highest BCUT2D eigenvalue weighted by Gasteiger charge is 2.34. The summed E-state index contributed by atoms with van der Waals surface area (Å²) in [7, 11) is -3.90. The van der Waals surface area contributed by atoms with E-state index in [1.54, 1.807) is 12.1 Å². The molecular weight excluding hydrogens is 541 g/mol. The van der Waals surface area contributed by atoms with E-state index < -0.39 is 45.8 Å². The maximum Gasteiger partial charge on any atom is 0.244 e. The van der Waals surface area contributed by atoms with E-state index in [1.165, 1.54) is 41.3 Å². The molecule has 208 valence electrons. The maximum absolute atomic E-state index is 14.0. The Bertz CT molecular complexity index is 1390. The van der Waals surface area contributed by atoms with Crippen molar-refractivity contribution in [3.8, 4) is 0 Å². The number of sulfonamides is 1. The molecule has 0 fully saturated rings. The zero-order valence-corrected chi connectivity index (χ0v) is 24.0. The fourth-order valence-electron chi connectivity index (χ4n) is 4.04. The van der Waals surface area contributed by atoms with Crippen LogP contribution < -0.4 is 9.62 Å². The molecule has 10 heteroatoms. The van der Waals surface area contributed by atoms with E-state index in [2.05, 4.69) is 5.32 Å². The molecule has 0 aliphatic carbocycles. The third-order valence-electron chi connectivity index (χ3n) is 5.81. The molecule has 3 rings (SSSR count). The van der Waals surface area contributed by atoms with E-state index in [1.807, 2.05) is 51.1 Å². The van der Waals surface area contributed by atoms with Crippen molar-refractivity contribution in [2.24, 2.45) is 0 Å². The molecule has 0 saturated carbocycles. The lowest BCUT2D eigenvalue weighted by atomic mass is 10.0. The summed E-state index contributed by atoms with van der Waals surface area (Å²) < 4.78 is 40.1. The third-order valence-corrected chi connectivity index (χ3v) is 7.19. The standard InChI is InChI=1S/C29H33ClFN3O4S/c1-29(2,3)32-28(36)26(17-21-9-6-5-7-10-21)33(19-22-13-15-24(31)16-14-22)27(35)20-34(39(4,37)38)25-12-8-11-23(30)18-25/h5-16,18,26H,17,19-20H2,1-4H3,(H,32,36). The Morgan fingerprint density at radius 2 is 1.59 bits per heavy atom. The fraction of sp³-hybridized carbons (Fsp3) is 0.310. The van der Waals surface area contributed by atoms with E-state index >= 15 is 0 Å². The number of benzene rings is 3. The first-order chi connectivity index (χ1) is 18.2. The minimum Gasteiger partial charge on any atom is -0.350 e. The Morgan fingerprint density at radius 3 is 2.15 bits per heavy atom. The van der Waals surface area contributed by atoms with Crippen LogP contribution in [0.5, 0.6) is 0 Å². The van der Waals surface area contributed by atoms with Crippen LogP contribution in [-0.4, -0.2) is 49.5 Å². The molecular formula is C29H33ClFN3O4S. The summed E-state index contributed by atoms with van der Waals surface area (Å²) in [5, 5.41) is 3.26. The molecule has 3 aromatic rings. The number of nitrogens with zero attached hydrogens (tertiary/aromatic N) is 2. The smallest absolute Gasteiger partial charge is 0.244 e. The minimum absolute atomic E-state index is 0.0404. The van der Waals surface area contributed by atoms with E-state index in [0.29, 0.717) is 10.6 Å². The Kier molecular flexibility index (Phi) is 9.74. The number of carbonyl (C=O) groups excluding carboxylic acids is 2. The largest absolute Gasteiger partial charge is 0.350 e. The van der Waals surface area contributed by atoms with Gasteiger partial charge in [0.1, 0.15) is 18.4 Å². The van der Waals surface area contributed by atoms with Crippen LogP contribution in [0.25, 0.3) is 0 Å². The number of anilines is 1. The highest BCUT2D eigenvalue weighted by molar-refractivity contribution is 7.92. The van der Waals surface area contributed by atoms with Crippen molar-refractivity contribution < 1.29 is 22.4 Å². The number of halogens is 2. The first kappa shape index (κ1) is 30.1. The van der Waals surface area contributed by atoms with Gasteiger partial charge in [-0.3, -0.25) is 13.9 Å². The Hall–Kier alpha value is -3.43. The van der Waals surface area contributed by atoms with Crippen molar-refractivity contribution >= 4 is 39.1 Å². The quantitative estimate of drug-likeness (QED) is 0.377. The predicted octanol–water partition coefficient (Wildman–Crippen LogP) is 4.80. The van der Waals surface area contributed by atoms with Crippen molar-refractivity contribution in [1.29, 1.82) is 0 Å². The van der Waals surface area contributed by atoms with Gasteiger partial charge in [0, 0.05) is 23.5 Å². The molecule has 1 unspecified atom stereocenters. The van der Waals surface area contributed by atoms with E-state index in [9.17, 15) is 22.4 Å². The van der Waals surface area contributed by atoms with Crippen LogP contribution in [0.15, 0.2) is 78.9 Å². The van der Waals surface area contributed by atoms with Gasteiger partial charge in [0.05, 0.1) is 11.9 Å². The second-order valence-electron chi connectivity index (χ2n) is 10.3. The van der Waals surface area contributed by atoms with Gasteiger partial charge in [-0.1, -0.05) is 60.1 Å². The van der Waals surface area contributed by atoms with Crippen LogP contribution in [0.4, 0.5) is 10.1 Å². The average Bonchev–Trinajstić information content (AvgIpc) is 2.84. The van der Waals surface area contributed by atoms with Crippen LogP contribution >= 0.6 is 11.6 Å². The molecule has 3 aromatic carbocycles. The highest BCUT2D eigenvalue weighted by Crippen LogP contribution is 2.23. The topological polar surface area (TPSA) is 86.8 Å². The first-order valence-corrected chi connectivity index (χ1v) is 14.6. The lowest BCUT2D eigenvalue weighted by Gasteiger charge is -2.35. The second-order valence-corrected chi connectivity index (χ2v) is 12.7. The molecule has 0 spiro atoms. The molecule has 0 saturated heterocycles. The van der Waals surface area contributed by atoms with Gasteiger partial charge in [-0.2, -0.15) is 0 Å². The van der Waals surface area contributed by atoms with Gasteiger partial charge in [0.25, 0.3) is 0 Å². The predicted molar refractivity (Wildman–Crippen MR) is 152 cm³/mol. The molecule has 0 aliphatic heterocycles. The number of nitrogens with one attached hydrogen (secondary N) is 1. The summed E-state index contributed by atoms with van der Waals surface area (Å²) in [6.07, 6.45) is 1.19. The summed E-state index contributed by atoms with van der Waals surface area (Å²) in [6.45, 7) is 4.90. The van der Waals surface area contributed by atoms with E-state index in [0.717, 1.165) is 16.1 Å². The first-order valence-electron chi connectivity index (χ1n) is 12.4. The van der Waals surface area contributed by atoms with Crippen LogP contribution in [0.2, 0.25) is 5.02 Å². The number of amides is 2. The van der Waals surface area contributed by atoms with Gasteiger partial charge >= 0.3 is 0 Å². The van der Waals surface area contributed by atoms with Crippen LogP contribution in [0.1, 0.15) is 31.9 Å². The lowest BCUT2D eigenvalue weighted by Crippen LogP contribution is -2.56. The van der Waals surface area contributed by atoms with Gasteiger partial charge in [-0.25, -0.2) is 12.8 Å². The molecule has 7 nitrogen and oxygen atoms in total. The number of carbonyl (C=O) groups is 2. The maximum atomic E-state index is 14.0. The van der Waals surface area contributed by atoms with Crippen LogP contribution in [-0.2, 0) is 32.6 Å². The zero-order chi connectivity index (χ0) is 28.8. The van der Waals surface area contributed by atoms with Gasteiger partial charge in [0.2, 0.25) is 21.8 Å². The van der Waals surface area contributed by atoms with Crippen molar-refractivity contribution in [1.82, 2.24) is 10.2 Å². The molecule has 1 atom stereocenters. The molecule has 2 amide bonds. The third kappa shape index (κ3) is 9.07. The molecule has 1 N–H and O–H groups in total. The van der Waals surface area contributed by atoms with Crippen molar-refractivity contribution in [3.63, 3.8) is 0 Å². The molecule has 0 heterocycles. The number of hydrogen-bond acceptors (Lipinski definition) is 4. The Labute approximate surface area is 234 Å². The molecule has 0 radical (unpaired) electrons. The Morgan fingerprint density at radius 1 is 0.949 bits per heavy atom. The van der Waals surface area contributed by atoms with E-state index in [-0.39, 0.29) is 18.7 Å². The summed E-state index contributed by atoms with van der Waals surface area (Å²) in [4.78, 5) is 29.0. The van der Waals surface area contributed by atoms with Crippen molar-refractivity contribution in [3.05, 3.63) is 101 Å². The molecule has 0 bridgehead atoms. The average molecular weight is 574 g/mol. The van der Waals surface area contributed by atoms with Crippen LogP contribution in [0, 0.1) is 5.82 Å². The SMILES string of the molecule is CC(C)(C)NC(=O)C(Cc1ccccc1)N(Cc1ccc(F)cc1)C(=O)CN(c1cccc(Cl)c1)S(C)(=O)=O. The minimum atomic E-state index is -3.90. The summed E-state index contributed by atoms with van der Waals surface area (Å²) >= 11 is 6.10. The van der Waals surface area contributed by atoms with Gasteiger partial charge in [-0.05, 0) is 62.2 Å². The fourth-order valence-corrected chi connectivity index (χ4v) is 5.06. The molecule has 0 aromatic heterocycles. The Balaban J connectivity index is 2.07. The lowest BCUT2D eigenvalue weighted by molar-refractivity contribution is -0.140. The molecule has 0 aliphatic rings. The highest BCUT2D eigenvalue weighted by atomic mass is 35.5. The van der Waals surface area contributed by atoms with E-state index in [4.69, 9.17) is 11.6 Å². The van der Waals surface area contributed by atoms with Crippen molar-refractivity contribution in [2.45, 2.75) is 45.3 Å². The van der Waals surface area contributed by atoms with Gasteiger partial charge in [-0.15, -0.1) is 0 Å². The summed E-state index contributed by atoms with van der Waals surface area (Å²) in [6, 6.07) is 20.0. The monoisotopic (exact) mass is 573 g/mol. The van der Waals surface area contributed by atoms with Gasteiger partial charge in [0.15, 0.2) is 0 Å². The molecule has 39 heavy (non-hydrogen) atoms. The second kappa shape index (κ2) is 12.6. The summed E-state index contributed by atoms with van der Waals surface area (Å²) in [5.74, 6) is -1.43. The van der Waals surface area contributed by atoms with Crippen molar-refractivity contribution in [2.75, 3.05) is 17.1 Å². The zero-order valence-electron chi connectivity index (χ0n) is 22.4. The normalized spacial score (nSPS) is 12.5. The summed E-state index contributed by atoms with van der Waals surface area (Å²) in [5.41, 5.74) is 1.04. The van der Waals surface area contributed by atoms with Crippen LogP contribution in [0.3, 0.4) is 0 Å².